The smallest absolute Gasteiger partial charge is 0.267 e. The van der Waals surface area contributed by atoms with Gasteiger partial charge in [-0.3, -0.25) is 14.2 Å². The molecule has 0 unspecified atom stereocenters. The van der Waals surface area contributed by atoms with Crippen molar-refractivity contribution in [3.63, 3.8) is 0 Å². The highest BCUT2D eigenvalue weighted by atomic mass is 32.2. The molecule has 1 aromatic carbocycles. The standard InChI is InChI=1S/C20H23N3O2S2/c1-3-22(4-2)17(24)11-8-13-27-20-21-18-16(12-14-26-18)19(25)23(20)15-9-6-5-7-10-15/h5-7,9-10,12,14H,3-4,8,11,13H2,1-2H3. The van der Waals surface area contributed by atoms with Gasteiger partial charge in [-0.15, -0.1) is 11.3 Å². The molecule has 0 saturated carbocycles. The third-order valence-corrected chi connectivity index (χ3v) is 6.19. The molecular formula is C20H23N3O2S2. The molecule has 2 aromatic heterocycles. The lowest BCUT2D eigenvalue weighted by Gasteiger charge is -2.18. The zero-order valence-electron chi connectivity index (χ0n) is 15.6. The summed E-state index contributed by atoms with van der Waals surface area (Å²) in [5.74, 6) is 0.922. The summed E-state index contributed by atoms with van der Waals surface area (Å²) in [6.07, 6.45) is 1.28. The number of aromatic nitrogens is 2. The summed E-state index contributed by atoms with van der Waals surface area (Å²) in [5, 5.41) is 3.22. The molecule has 0 aliphatic carbocycles. The van der Waals surface area contributed by atoms with Gasteiger partial charge in [0.2, 0.25) is 5.91 Å². The fourth-order valence-corrected chi connectivity index (χ4v) is 4.67. The summed E-state index contributed by atoms with van der Waals surface area (Å²) in [6, 6.07) is 11.4. The van der Waals surface area contributed by atoms with Crippen LogP contribution in [-0.4, -0.2) is 39.2 Å². The van der Waals surface area contributed by atoms with E-state index in [1.165, 1.54) is 23.1 Å². The first-order chi connectivity index (χ1) is 13.2. The van der Waals surface area contributed by atoms with E-state index in [0.29, 0.717) is 17.0 Å². The second kappa shape index (κ2) is 9.19. The number of benzene rings is 1. The first-order valence-electron chi connectivity index (χ1n) is 9.12. The number of para-hydroxylation sites is 1. The Morgan fingerprint density at radius 2 is 1.93 bits per heavy atom. The zero-order chi connectivity index (χ0) is 19.2. The van der Waals surface area contributed by atoms with Gasteiger partial charge in [0, 0.05) is 25.3 Å². The van der Waals surface area contributed by atoms with Gasteiger partial charge < -0.3 is 4.90 Å². The van der Waals surface area contributed by atoms with E-state index >= 15 is 0 Å². The predicted octanol–water partition coefficient (Wildman–Crippen LogP) is 4.19. The molecule has 142 valence electrons. The van der Waals surface area contributed by atoms with Crippen LogP contribution in [0.3, 0.4) is 0 Å². The third kappa shape index (κ3) is 4.42. The molecule has 0 aliphatic rings. The maximum Gasteiger partial charge on any atom is 0.267 e. The monoisotopic (exact) mass is 401 g/mol. The van der Waals surface area contributed by atoms with E-state index in [9.17, 15) is 9.59 Å². The van der Waals surface area contributed by atoms with Crippen LogP contribution in [0.2, 0.25) is 0 Å². The Kier molecular flexibility index (Phi) is 6.68. The van der Waals surface area contributed by atoms with Gasteiger partial charge >= 0.3 is 0 Å². The molecule has 7 heteroatoms. The van der Waals surface area contributed by atoms with Crippen molar-refractivity contribution < 1.29 is 4.79 Å². The Labute approximate surface area is 167 Å². The number of thiophene rings is 1. The molecule has 0 saturated heterocycles. The van der Waals surface area contributed by atoms with E-state index in [-0.39, 0.29) is 11.5 Å². The lowest BCUT2D eigenvalue weighted by molar-refractivity contribution is -0.130. The average molecular weight is 402 g/mol. The van der Waals surface area contributed by atoms with Crippen LogP contribution in [0.5, 0.6) is 0 Å². The first kappa shape index (κ1) is 19.6. The van der Waals surface area contributed by atoms with E-state index in [1.807, 2.05) is 60.5 Å². The van der Waals surface area contributed by atoms with Gasteiger partial charge in [0.25, 0.3) is 5.56 Å². The number of carbonyl (C=O) groups excluding carboxylic acids is 1. The number of fused-ring (bicyclic) bond motifs is 1. The molecular weight excluding hydrogens is 378 g/mol. The lowest BCUT2D eigenvalue weighted by atomic mass is 10.3. The normalized spacial score (nSPS) is 11.0. The highest BCUT2D eigenvalue weighted by Gasteiger charge is 2.15. The maximum absolute atomic E-state index is 13.0. The summed E-state index contributed by atoms with van der Waals surface area (Å²) in [7, 11) is 0. The summed E-state index contributed by atoms with van der Waals surface area (Å²) in [4.78, 5) is 32.4. The van der Waals surface area contributed by atoms with Gasteiger partial charge in [0.1, 0.15) is 4.83 Å². The number of hydrogen-bond acceptors (Lipinski definition) is 5. The number of rotatable bonds is 8. The van der Waals surface area contributed by atoms with E-state index < -0.39 is 0 Å². The fourth-order valence-electron chi connectivity index (χ4n) is 2.92. The average Bonchev–Trinajstić information content (AvgIpc) is 3.16. The number of hydrogen-bond donors (Lipinski definition) is 0. The van der Waals surface area contributed by atoms with Gasteiger partial charge in [-0.05, 0) is 43.8 Å². The van der Waals surface area contributed by atoms with Crippen molar-refractivity contribution in [3.8, 4) is 5.69 Å². The maximum atomic E-state index is 13.0. The second-order valence-electron chi connectivity index (χ2n) is 6.03. The van der Waals surface area contributed by atoms with E-state index in [2.05, 4.69) is 0 Å². The molecule has 3 rings (SSSR count). The topological polar surface area (TPSA) is 55.2 Å². The summed E-state index contributed by atoms with van der Waals surface area (Å²) >= 11 is 3.01. The molecule has 0 fully saturated rings. The summed E-state index contributed by atoms with van der Waals surface area (Å²) < 4.78 is 1.67. The fraction of sp³-hybridized carbons (Fsp3) is 0.350. The van der Waals surface area contributed by atoms with Crippen molar-refractivity contribution in [2.24, 2.45) is 0 Å². The summed E-state index contributed by atoms with van der Waals surface area (Å²) in [5.41, 5.74) is 0.763. The Balaban J connectivity index is 1.80. The third-order valence-electron chi connectivity index (χ3n) is 4.36. The lowest BCUT2D eigenvalue weighted by Crippen LogP contribution is -2.30. The van der Waals surface area contributed by atoms with Gasteiger partial charge in [-0.1, -0.05) is 30.0 Å². The van der Waals surface area contributed by atoms with Crippen LogP contribution in [0.4, 0.5) is 0 Å². The van der Waals surface area contributed by atoms with Crippen molar-refractivity contribution >= 4 is 39.2 Å². The Morgan fingerprint density at radius 1 is 1.19 bits per heavy atom. The van der Waals surface area contributed by atoms with E-state index in [4.69, 9.17) is 4.98 Å². The van der Waals surface area contributed by atoms with E-state index in [1.54, 1.807) is 4.57 Å². The number of carbonyl (C=O) groups is 1. The Hall–Kier alpha value is -2.12. The molecule has 3 aromatic rings. The van der Waals surface area contributed by atoms with Crippen LogP contribution in [-0.2, 0) is 4.79 Å². The molecule has 0 bridgehead atoms. The molecule has 1 amide bonds. The molecule has 0 aliphatic heterocycles. The van der Waals surface area contributed by atoms with Crippen molar-refractivity contribution in [3.05, 3.63) is 52.1 Å². The first-order valence-corrected chi connectivity index (χ1v) is 11.0. The second-order valence-corrected chi connectivity index (χ2v) is 7.98. The molecule has 0 N–H and O–H groups in total. The van der Waals surface area contributed by atoms with Crippen LogP contribution < -0.4 is 5.56 Å². The number of amides is 1. The Morgan fingerprint density at radius 3 is 2.63 bits per heavy atom. The van der Waals surface area contributed by atoms with Crippen LogP contribution >= 0.6 is 23.1 Å². The van der Waals surface area contributed by atoms with Crippen molar-refractivity contribution in [1.29, 1.82) is 0 Å². The predicted molar refractivity (Wildman–Crippen MR) is 113 cm³/mol. The van der Waals surface area contributed by atoms with E-state index in [0.717, 1.165) is 35.8 Å². The minimum atomic E-state index is -0.0471. The number of thioether (sulfide) groups is 1. The minimum Gasteiger partial charge on any atom is -0.343 e. The van der Waals surface area contributed by atoms with Crippen LogP contribution in [0.1, 0.15) is 26.7 Å². The zero-order valence-corrected chi connectivity index (χ0v) is 17.2. The van der Waals surface area contributed by atoms with Crippen molar-refractivity contribution in [1.82, 2.24) is 14.5 Å². The largest absolute Gasteiger partial charge is 0.343 e. The molecule has 0 spiro atoms. The molecule has 0 radical (unpaired) electrons. The molecule has 2 heterocycles. The summed E-state index contributed by atoms with van der Waals surface area (Å²) in [6.45, 7) is 5.48. The SMILES string of the molecule is CCN(CC)C(=O)CCCSc1nc2sccc2c(=O)n1-c1ccccc1. The number of nitrogens with zero attached hydrogens (tertiary/aromatic N) is 3. The van der Waals surface area contributed by atoms with Gasteiger partial charge in [-0.25, -0.2) is 4.98 Å². The Bertz CT molecular complexity index is 962. The van der Waals surface area contributed by atoms with Gasteiger partial charge in [-0.2, -0.15) is 0 Å². The highest BCUT2D eigenvalue weighted by Crippen LogP contribution is 2.24. The highest BCUT2D eigenvalue weighted by molar-refractivity contribution is 7.99. The van der Waals surface area contributed by atoms with Crippen molar-refractivity contribution in [2.45, 2.75) is 31.8 Å². The van der Waals surface area contributed by atoms with Crippen molar-refractivity contribution in [2.75, 3.05) is 18.8 Å². The molecule has 27 heavy (non-hydrogen) atoms. The van der Waals surface area contributed by atoms with Crippen LogP contribution in [0.15, 0.2) is 51.7 Å². The molecule has 0 atom stereocenters. The minimum absolute atomic E-state index is 0.0471. The van der Waals surface area contributed by atoms with Crippen LogP contribution in [0, 0.1) is 0 Å². The van der Waals surface area contributed by atoms with Crippen LogP contribution in [0.25, 0.3) is 15.9 Å². The molecule has 5 nitrogen and oxygen atoms in total. The van der Waals surface area contributed by atoms with Gasteiger partial charge in [0.15, 0.2) is 5.16 Å². The van der Waals surface area contributed by atoms with Gasteiger partial charge in [0.05, 0.1) is 11.1 Å². The quantitative estimate of drug-likeness (QED) is 0.323.